The maximum absolute atomic E-state index is 5.61. The molecule has 0 saturated heterocycles. The van der Waals surface area contributed by atoms with Crippen LogP contribution in [0.5, 0.6) is 0 Å². The summed E-state index contributed by atoms with van der Waals surface area (Å²) in [6.45, 7) is 5.70. The van der Waals surface area contributed by atoms with Crippen LogP contribution in [0.2, 0.25) is 0 Å². The predicted octanol–water partition coefficient (Wildman–Crippen LogP) is 1.89. The molecular formula is C10H16N2. The summed E-state index contributed by atoms with van der Waals surface area (Å²) in [6.07, 6.45) is 0. The van der Waals surface area contributed by atoms with Gasteiger partial charge in [-0.1, -0.05) is 17.7 Å². The first-order valence-corrected chi connectivity index (χ1v) is 4.31. The summed E-state index contributed by atoms with van der Waals surface area (Å²) in [6, 6.07) is 6.30. The molecule has 0 aliphatic carbocycles. The van der Waals surface area contributed by atoms with Gasteiger partial charge in [-0.15, -0.1) is 0 Å². The van der Waals surface area contributed by atoms with Gasteiger partial charge in [-0.05, 0) is 25.5 Å². The minimum absolute atomic E-state index is 0.601. The lowest BCUT2D eigenvalue weighted by Crippen LogP contribution is -2.04. The topological polar surface area (TPSA) is 38.0 Å². The Morgan fingerprint density at radius 3 is 2.75 bits per heavy atom. The van der Waals surface area contributed by atoms with E-state index in [1.807, 2.05) is 0 Å². The van der Waals surface area contributed by atoms with E-state index >= 15 is 0 Å². The fourth-order valence-electron chi connectivity index (χ4n) is 1.25. The second kappa shape index (κ2) is 4.12. The van der Waals surface area contributed by atoms with E-state index in [0.717, 1.165) is 12.2 Å². The fourth-order valence-corrected chi connectivity index (χ4v) is 1.25. The zero-order chi connectivity index (χ0) is 8.97. The van der Waals surface area contributed by atoms with Crippen molar-refractivity contribution in [3.63, 3.8) is 0 Å². The van der Waals surface area contributed by atoms with Crippen molar-refractivity contribution in [1.82, 2.24) is 0 Å². The number of nitrogens with one attached hydrogen (secondary N) is 1. The second-order valence-electron chi connectivity index (χ2n) is 2.90. The molecule has 2 heteroatoms. The van der Waals surface area contributed by atoms with Crippen LogP contribution >= 0.6 is 0 Å². The van der Waals surface area contributed by atoms with Gasteiger partial charge in [0, 0.05) is 18.8 Å². The van der Waals surface area contributed by atoms with Crippen molar-refractivity contribution < 1.29 is 0 Å². The molecule has 0 amide bonds. The van der Waals surface area contributed by atoms with Crippen LogP contribution in [0.1, 0.15) is 18.1 Å². The fraction of sp³-hybridized carbons (Fsp3) is 0.400. The monoisotopic (exact) mass is 164 g/mol. The van der Waals surface area contributed by atoms with Crippen LogP contribution in [0.3, 0.4) is 0 Å². The summed E-state index contributed by atoms with van der Waals surface area (Å²) in [5.74, 6) is 0. The molecule has 0 spiro atoms. The molecule has 0 aromatic heterocycles. The van der Waals surface area contributed by atoms with Gasteiger partial charge in [0.25, 0.3) is 0 Å². The summed E-state index contributed by atoms with van der Waals surface area (Å²) in [7, 11) is 0. The maximum Gasteiger partial charge on any atom is 0.0385 e. The highest BCUT2D eigenvalue weighted by Crippen LogP contribution is 2.16. The Bertz CT molecular complexity index is 256. The molecule has 1 aromatic carbocycles. The van der Waals surface area contributed by atoms with Crippen LogP contribution in [-0.4, -0.2) is 6.54 Å². The lowest BCUT2D eigenvalue weighted by Gasteiger charge is -2.09. The molecule has 66 valence electrons. The van der Waals surface area contributed by atoms with E-state index in [1.54, 1.807) is 0 Å². The number of nitrogens with two attached hydrogens (primary N) is 1. The number of hydrogen-bond donors (Lipinski definition) is 2. The van der Waals surface area contributed by atoms with Gasteiger partial charge >= 0.3 is 0 Å². The van der Waals surface area contributed by atoms with Crippen molar-refractivity contribution in [3.05, 3.63) is 29.3 Å². The zero-order valence-electron chi connectivity index (χ0n) is 7.72. The van der Waals surface area contributed by atoms with Gasteiger partial charge in [-0.25, -0.2) is 0 Å². The van der Waals surface area contributed by atoms with Crippen molar-refractivity contribution in [2.75, 3.05) is 11.9 Å². The van der Waals surface area contributed by atoms with Crippen molar-refractivity contribution in [1.29, 1.82) is 0 Å². The molecule has 3 N–H and O–H groups in total. The molecule has 0 aliphatic rings. The van der Waals surface area contributed by atoms with Crippen LogP contribution in [0.25, 0.3) is 0 Å². The van der Waals surface area contributed by atoms with Gasteiger partial charge in [0.05, 0.1) is 0 Å². The minimum Gasteiger partial charge on any atom is -0.385 e. The molecule has 1 rings (SSSR count). The highest BCUT2D eigenvalue weighted by atomic mass is 14.9. The van der Waals surface area contributed by atoms with Gasteiger partial charge in [-0.3, -0.25) is 0 Å². The summed E-state index contributed by atoms with van der Waals surface area (Å²) in [4.78, 5) is 0. The van der Waals surface area contributed by atoms with Crippen molar-refractivity contribution in [2.24, 2.45) is 5.73 Å². The second-order valence-corrected chi connectivity index (χ2v) is 2.90. The van der Waals surface area contributed by atoms with E-state index in [1.165, 1.54) is 11.1 Å². The molecular weight excluding hydrogens is 148 g/mol. The molecule has 0 bridgehead atoms. The summed E-state index contributed by atoms with van der Waals surface area (Å²) >= 11 is 0. The van der Waals surface area contributed by atoms with Crippen LogP contribution in [0.4, 0.5) is 5.69 Å². The molecule has 12 heavy (non-hydrogen) atoms. The predicted molar refractivity (Wildman–Crippen MR) is 53.2 cm³/mol. The lowest BCUT2D eigenvalue weighted by atomic mass is 10.1. The average Bonchev–Trinajstić information content (AvgIpc) is 2.08. The number of rotatable bonds is 3. The van der Waals surface area contributed by atoms with E-state index in [4.69, 9.17) is 5.73 Å². The zero-order valence-corrected chi connectivity index (χ0v) is 7.72. The highest BCUT2D eigenvalue weighted by Gasteiger charge is 1.98. The summed E-state index contributed by atoms with van der Waals surface area (Å²) in [5.41, 5.74) is 9.22. The molecule has 0 atom stereocenters. The Balaban J connectivity index is 2.94. The van der Waals surface area contributed by atoms with E-state index in [-0.39, 0.29) is 0 Å². The Kier molecular flexibility index (Phi) is 3.11. The largest absolute Gasteiger partial charge is 0.385 e. The molecule has 0 saturated carbocycles. The van der Waals surface area contributed by atoms with Crippen molar-refractivity contribution in [3.8, 4) is 0 Å². The molecule has 2 nitrogen and oxygen atoms in total. The average molecular weight is 164 g/mol. The summed E-state index contributed by atoms with van der Waals surface area (Å²) in [5, 5.41) is 3.27. The molecule has 0 fully saturated rings. The highest BCUT2D eigenvalue weighted by molar-refractivity contribution is 5.52. The van der Waals surface area contributed by atoms with Crippen LogP contribution in [0, 0.1) is 6.92 Å². The Morgan fingerprint density at radius 2 is 2.17 bits per heavy atom. The van der Waals surface area contributed by atoms with E-state index in [2.05, 4.69) is 37.4 Å². The number of aryl methyl sites for hydroxylation is 1. The number of anilines is 1. The molecule has 0 radical (unpaired) electrons. The first-order chi connectivity index (χ1) is 5.77. The van der Waals surface area contributed by atoms with Gasteiger partial charge in [-0.2, -0.15) is 0 Å². The first-order valence-electron chi connectivity index (χ1n) is 4.31. The van der Waals surface area contributed by atoms with Gasteiger partial charge in [0.1, 0.15) is 0 Å². The van der Waals surface area contributed by atoms with Crippen LogP contribution in [0.15, 0.2) is 18.2 Å². The van der Waals surface area contributed by atoms with Gasteiger partial charge in [0.15, 0.2) is 0 Å². The SMILES string of the molecule is CCNc1ccc(C)cc1CN. The van der Waals surface area contributed by atoms with Crippen molar-refractivity contribution in [2.45, 2.75) is 20.4 Å². The third-order valence-electron chi connectivity index (χ3n) is 1.85. The normalized spacial score (nSPS) is 9.92. The Hall–Kier alpha value is -1.02. The molecule has 0 aliphatic heterocycles. The lowest BCUT2D eigenvalue weighted by molar-refractivity contribution is 1.05. The number of hydrogen-bond acceptors (Lipinski definition) is 2. The third kappa shape index (κ3) is 1.98. The smallest absolute Gasteiger partial charge is 0.0385 e. The Morgan fingerprint density at radius 1 is 1.42 bits per heavy atom. The number of benzene rings is 1. The third-order valence-corrected chi connectivity index (χ3v) is 1.85. The maximum atomic E-state index is 5.61. The minimum atomic E-state index is 0.601. The van der Waals surface area contributed by atoms with Crippen molar-refractivity contribution >= 4 is 5.69 Å². The molecule has 0 heterocycles. The first kappa shape index (κ1) is 9.07. The standard InChI is InChI=1S/C10H16N2/c1-3-12-10-5-4-8(2)6-9(10)7-11/h4-6,12H,3,7,11H2,1-2H3. The van der Waals surface area contributed by atoms with E-state index < -0.39 is 0 Å². The Labute approximate surface area is 73.8 Å². The van der Waals surface area contributed by atoms with Crippen LogP contribution < -0.4 is 11.1 Å². The molecule has 1 aromatic rings. The quantitative estimate of drug-likeness (QED) is 0.716. The summed E-state index contributed by atoms with van der Waals surface area (Å²) < 4.78 is 0. The van der Waals surface area contributed by atoms with Gasteiger partial charge in [0.2, 0.25) is 0 Å². The van der Waals surface area contributed by atoms with E-state index in [9.17, 15) is 0 Å². The van der Waals surface area contributed by atoms with Crippen LogP contribution in [-0.2, 0) is 6.54 Å². The van der Waals surface area contributed by atoms with E-state index in [0.29, 0.717) is 6.54 Å². The van der Waals surface area contributed by atoms with Gasteiger partial charge < -0.3 is 11.1 Å². The molecule has 0 unspecified atom stereocenters.